The van der Waals surface area contributed by atoms with Crippen LogP contribution in [0.25, 0.3) is 0 Å². The van der Waals surface area contributed by atoms with Crippen molar-refractivity contribution in [3.63, 3.8) is 0 Å². The molecule has 1 fully saturated rings. The number of nitrogens with one attached hydrogen (secondary N) is 4. The Balaban J connectivity index is 1.87. The van der Waals surface area contributed by atoms with Gasteiger partial charge in [-0.1, -0.05) is 13.5 Å². The standard InChI is InChI=1S/C30H48N6O7S2/c1-18(2)43-29(38)33-22-14-25(41-8)26(32-15-22)27-34-23(13-19(3)45(39,40)36-30(5,6)7)20(4)24(17-44-27)35-28(37)42-16-21-9-11-31-12-10-21/h14-15,18,20-21,23-24,31,36H,3,9-13,16-17H2,1-2,4-8H3,(H,33,38)(H,35,37)/t20-,23+,24?/m0/s1. The van der Waals surface area contributed by atoms with E-state index in [1.165, 1.54) is 25.1 Å². The summed E-state index contributed by atoms with van der Waals surface area (Å²) in [6.07, 6.45) is 1.94. The molecule has 4 N–H and O–H groups in total. The zero-order valence-corrected chi connectivity index (χ0v) is 28.9. The van der Waals surface area contributed by atoms with Crippen molar-refractivity contribution in [2.45, 2.75) is 84.5 Å². The Morgan fingerprint density at radius 3 is 2.51 bits per heavy atom. The Morgan fingerprint density at radius 2 is 1.89 bits per heavy atom. The minimum Gasteiger partial charge on any atom is -0.494 e. The Labute approximate surface area is 271 Å². The highest BCUT2D eigenvalue weighted by Crippen LogP contribution is 2.33. The molecule has 0 spiro atoms. The first-order chi connectivity index (χ1) is 21.1. The average molecular weight is 669 g/mol. The molecule has 3 heterocycles. The summed E-state index contributed by atoms with van der Waals surface area (Å²) in [5.41, 5.74) is 0.0879. The maximum Gasteiger partial charge on any atom is 0.411 e. The van der Waals surface area contributed by atoms with Crippen molar-refractivity contribution in [3.8, 4) is 5.75 Å². The van der Waals surface area contributed by atoms with Gasteiger partial charge in [0.2, 0.25) is 10.0 Å². The number of hydrogen-bond donors (Lipinski definition) is 4. The molecule has 0 radical (unpaired) electrons. The number of methoxy groups -OCH3 is 1. The maximum atomic E-state index is 13.1. The van der Waals surface area contributed by atoms with Crippen LogP contribution in [0.15, 0.2) is 28.7 Å². The minimum absolute atomic E-state index is 0.0142. The van der Waals surface area contributed by atoms with E-state index in [0.29, 0.717) is 40.5 Å². The van der Waals surface area contributed by atoms with Crippen molar-refractivity contribution in [3.05, 3.63) is 29.4 Å². The molecule has 15 heteroatoms. The molecule has 1 saturated heterocycles. The number of alkyl carbamates (subject to hydrolysis) is 1. The molecule has 252 valence electrons. The van der Waals surface area contributed by atoms with E-state index in [2.05, 4.69) is 32.2 Å². The van der Waals surface area contributed by atoms with Crippen molar-refractivity contribution in [2.24, 2.45) is 16.8 Å². The summed E-state index contributed by atoms with van der Waals surface area (Å²) < 4.78 is 45.2. The molecule has 2 aliphatic rings. The summed E-state index contributed by atoms with van der Waals surface area (Å²) >= 11 is 1.37. The molecule has 1 aromatic heterocycles. The van der Waals surface area contributed by atoms with Crippen LogP contribution in [0.1, 0.15) is 66.5 Å². The van der Waals surface area contributed by atoms with E-state index in [9.17, 15) is 18.0 Å². The molecule has 2 amide bonds. The van der Waals surface area contributed by atoms with Gasteiger partial charge in [-0.25, -0.2) is 27.7 Å². The average Bonchev–Trinajstić information content (AvgIpc) is 3.09. The van der Waals surface area contributed by atoms with Crippen LogP contribution in [0, 0.1) is 11.8 Å². The van der Waals surface area contributed by atoms with E-state index in [-0.39, 0.29) is 23.3 Å². The van der Waals surface area contributed by atoms with Crippen molar-refractivity contribution < 1.29 is 32.2 Å². The van der Waals surface area contributed by atoms with E-state index in [0.717, 1.165) is 25.9 Å². The fourth-order valence-electron chi connectivity index (χ4n) is 4.87. The summed E-state index contributed by atoms with van der Waals surface area (Å²) in [6, 6.07) is 0.630. The Bertz CT molecular complexity index is 1340. The highest BCUT2D eigenvalue weighted by Gasteiger charge is 2.35. The van der Waals surface area contributed by atoms with Crippen molar-refractivity contribution in [1.29, 1.82) is 0 Å². The van der Waals surface area contributed by atoms with Gasteiger partial charge in [-0.2, -0.15) is 0 Å². The van der Waals surface area contributed by atoms with E-state index >= 15 is 0 Å². The number of carbonyl (C=O) groups excluding carboxylic acids is 2. The number of amides is 2. The summed E-state index contributed by atoms with van der Waals surface area (Å²) in [5.74, 6) is 0.793. The fraction of sp³-hybridized carbons (Fsp3) is 0.667. The number of sulfonamides is 1. The largest absolute Gasteiger partial charge is 0.494 e. The zero-order valence-electron chi connectivity index (χ0n) is 27.3. The third-order valence-corrected chi connectivity index (χ3v) is 10.2. The molecular formula is C30H48N6O7S2. The van der Waals surface area contributed by atoms with Gasteiger partial charge in [0.25, 0.3) is 0 Å². The smallest absolute Gasteiger partial charge is 0.411 e. The molecule has 0 saturated carbocycles. The predicted molar refractivity (Wildman–Crippen MR) is 177 cm³/mol. The van der Waals surface area contributed by atoms with E-state index in [4.69, 9.17) is 19.2 Å². The van der Waals surface area contributed by atoms with Crippen molar-refractivity contribution >= 4 is 44.7 Å². The number of aliphatic imine (C=N–C) groups is 1. The third-order valence-electron chi connectivity index (χ3n) is 7.26. The number of ether oxygens (including phenoxy) is 3. The molecule has 0 bridgehead atoms. The summed E-state index contributed by atoms with van der Waals surface area (Å²) in [5, 5.41) is 9.43. The quantitative estimate of drug-likeness (QED) is 0.267. The molecule has 1 aromatic rings. The van der Waals surface area contributed by atoms with Crippen LogP contribution in [0.3, 0.4) is 0 Å². The lowest BCUT2D eigenvalue weighted by molar-refractivity contribution is 0.112. The van der Waals surface area contributed by atoms with Gasteiger partial charge in [-0.05, 0) is 66.5 Å². The highest BCUT2D eigenvalue weighted by atomic mass is 32.2. The summed E-state index contributed by atoms with van der Waals surface area (Å²) in [4.78, 5) is 34.5. The molecule has 0 aromatic carbocycles. The first-order valence-corrected chi connectivity index (χ1v) is 17.6. The maximum absolute atomic E-state index is 13.1. The first kappa shape index (κ1) is 36.6. The lowest BCUT2D eigenvalue weighted by atomic mass is 9.92. The normalized spacial score (nSPS) is 21.3. The zero-order chi connectivity index (χ0) is 33.4. The van der Waals surface area contributed by atoms with E-state index < -0.39 is 39.8 Å². The molecule has 2 aliphatic heterocycles. The van der Waals surface area contributed by atoms with Crippen LogP contribution in [0.2, 0.25) is 0 Å². The number of hydrogen-bond acceptors (Lipinski definition) is 11. The number of pyridine rings is 1. The second-order valence-corrected chi connectivity index (χ2v) is 15.5. The molecule has 1 unspecified atom stereocenters. The Hall–Kier alpha value is -2.88. The van der Waals surface area contributed by atoms with Crippen LogP contribution in [0.5, 0.6) is 5.75 Å². The second kappa shape index (κ2) is 16.1. The Morgan fingerprint density at radius 1 is 1.20 bits per heavy atom. The number of piperidine rings is 1. The molecule has 0 aliphatic carbocycles. The van der Waals surface area contributed by atoms with Gasteiger partial charge in [0.05, 0.1) is 42.7 Å². The van der Waals surface area contributed by atoms with Crippen LogP contribution >= 0.6 is 11.8 Å². The summed E-state index contributed by atoms with van der Waals surface area (Å²) in [7, 11) is -2.38. The number of anilines is 1. The van der Waals surface area contributed by atoms with Crippen molar-refractivity contribution in [2.75, 3.05) is 37.9 Å². The fourth-order valence-corrected chi connectivity index (χ4v) is 7.44. The van der Waals surface area contributed by atoms with Gasteiger partial charge < -0.3 is 24.8 Å². The number of rotatable bonds is 11. The lowest BCUT2D eigenvalue weighted by Gasteiger charge is -2.29. The van der Waals surface area contributed by atoms with Gasteiger partial charge in [0.1, 0.15) is 16.5 Å². The molecule has 3 atom stereocenters. The number of nitrogens with zero attached hydrogens (tertiary/aromatic N) is 2. The van der Waals surface area contributed by atoms with Gasteiger partial charge in [-0.3, -0.25) is 10.3 Å². The van der Waals surface area contributed by atoms with Crippen LogP contribution < -0.4 is 25.4 Å². The number of thioether (sulfide) groups is 1. The lowest BCUT2D eigenvalue weighted by Crippen LogP contribution is -2.45. The predicted octanol–water partition coefficient (Wildman–Crippen LogP) is 4.26. The van der Waals surface area contributed by atoms with E-state index in [1.807, 2.05) is 6.92 Å². The minimum atomic E-state index is -3.87. The number of aromatic nitrogens is 1. The highest BCUT2D eigenvalue weighted by molar-refractivity contribution is 8.14. The van der Waals surface area contributed by atoms with E-state index in [1.54, 1.807) is 40.7 Å². The molecular weight excluding hydrogens is 620 g/mol. The SMILES string of the molecule is C=C(C[C@H]1N=C(c2ncc(NC(=O)OC(C)C)cc2OC)SCC(NC(=O)OCC2CCNCC2)[C@H]1C)S(=O)(=O)NC(C)(C)C. The van der Waals surface area contributed by atoms with Gasteiger partial charge >= 0.3 is 12.2 Å². The third kappa shape index (κ3) is 11.5. The molecule has 13 nitrogen and oxygen atoms in total. The van der Waals surface area contributed by atoms with Gasteiger partial charge in [-0.15, -0.1) is 11.8 Å². The van der Waals surface area contributed by atoms with Gasteiger partial charge in [0, 0.05) is 35.7 Å². The molecule has 45 heavy (non-hydrogen) atoms. The second-order valence-electron chi connectivity index (χ2n) is 12.7. The number of carbonyl (C=O) groups is 2. The van der Waals surface area contributed by atoms with Crippen LogP contribution in [-0.2, 0) is 19.5 Å². The van der Waals surface area contributed by atoms with Crippen molar-refractivity contribution in [1.82, 2.24) is 20.3 Å². The summed E-state index contributed by atoms with van der Waals surface area (Å²) in [6.45, 7) is 16.7. The topological polar surface area (TPSA) is 169 Å². The molecule has 3 rings (SSSR count). The first-order valence-electron chi connectivity index (χ1n) is 15.2. The Kier molecular flexibility index (Phi) is 13.1. The van der Waals surface area contributed by atoms with Crippen LogP contribution in [0.4, 0.5) is 15.3 Å². The van der Waals surface area contributed by atoms with Gasteiger partial charge in [0.15, 0.2) is 0 Å². The van der Waals surface area contributed by atoms with Crippen LogP contribution in [-0.4, -0.2) is 86.9 Å². The monoisotopic (exact) mass is 668 g/mol.